The molecule has 2 aromatic rings. The molecule has 0 unspecified atom stereocenters. The number of thiazole rings is 1. The summed E-state index contributed by atoms with van der Waals surface area (Å²) in [7, 11) is 0. The van der Waals surface area contributed by atoms with E-state index in [0.29, 0.717) is 23.7 Å². The summed E-state index contributed by atoms with van der Waals surface area (Å²) in [5, 5.41) is 27.7. The van der Waals surface area contributed by atoms with E-state index in [1.54, 1.807) is 0 Å². The highest BCUT2D eigenvalue weighted by Gasteiger charge is 2.59. The number of thioether (sulfide) groups is 1. The number of benzene rings is 1. The van der Waals surface area contributed by atoms with Crippen LogP contribution in [0.5, 0.6) is 0 Å². The molecule has 5 atom stereocenters. The molecule has 1 heterocycles. The zero-order chi connectivity index (χ0) is 24.5. The molecule has 2 aliphatic carbocycles. The van der Waals surface area contributed by atoms with Gasteiger partial charge in [0.05, 0.1) is 24.2 Å². The fourth-order valence-electron chi connectivity index (χ4n) is 5.90. The maximum absolute atomic E-state index is 13.2. The fraction of sp³-hybridized carbons (Fsp3) is 0.560. The van der Waals surface area contributed by atoms with Gasteiger partial charge in [0.1, 0.15) is 0 Å². The number of aliphatic hydroxyl groups excluding tert-OH is 2. The minimum atomic E-state index is -0.675. The molecule has 0 saturated heterocycles. The summed E-state index contributed by atoms with van der Waals surface area (Å²) >= 11 is 2.89. The van der Waals surface area contributed by atoms with E-state index in [1.807, 2.05) is 43.5 Å². The van der Waals surface area contributed by atoms with Crippen molar-refractivity contribution in [3.8, 4) is 0 Å². The summed E-state index contributed by atoms with van der Waals surface area (Å²) < 4.78 is 0. The second-order valence-electron chi connectivity index (χ2n) is 9.96. The molecule has 0 spiro atoms. The number of hydrogen-bond donors (Lipinski definition) is 4. The lowest BCUT2D eigenvalue weighted by Gasteiger charge is -2.58. The van der Waals surface area contributed by atoms with Gasteiger partial charge in [-0.3, -0.25) is 9.59 Å². The summed E-state index contributed by atoms with van der Waals surface area (Å²) in [6.45, 7) is 4.00. The molecule has 1 aromatic heterocycles. The van der Waals surface area contributed by atoms with Crippen molar-refractivity contribution in [2.24, 2.45) is 16.7 Å². The number of fused-ring (bicyclic) bond motifs is 2. The van der Waals surface area contributed by atoms with Crippen LogP contribution in [0.3, 0.4) is 0 Å². The second-order valence-corrected chi connectivity index (χ2v) is 11.9. The third-order valence-corrected chi connectivity index (χ3v) is 9.42. The predicted octanol–water partition coefficient (Wildman–Crippen LogP) is 3.89. The molecule has 0 aliphatic heterocycles. The van der Waals surface area contributed by atoms with Crippen LogP contribution in [0.25, 0.3) is 0 Å². The third kappa shape index (κ3) is 4.63. The van der Waals surface area contributed by atoms with Gasteiger partial charge in [0.15, 0.2) is 5.13 Å². The van der Waals surface area contributed by atoms with E-state index >= 15 is 0 Å². The van der Waals surface area contributed by atoms with Crippen LogP contribution < -0.4 is 10.6 Å². The molecule has 184 valence electrons. The Morgan fingerprint density at radius 1 is 1.21 bits per heavy atom. The third-order valence-electron chi connectivity index (χ3n) is 7.86. The molecule has 34 heavy (non-hydrogen) atoms. The number of aromatic nitrogens is 1. The Hall–Kier alpha value is -1.94. The van der Waals surface area contributed by atoms with Gasteiger partial charge in [0.2, 0.25) is 11.8 Å². The summed E-state index contributed by atoms with van der Waals surface area (Å²) in [5.74, 6) is -0.0581. The first kappa shape index (κ1) is 25.2. The standard InChI is InChI=1S/C25H33N3O4S2/c1-24-10-9-19(30)25(2,14-29)18(24)12-17-22(28-23(34-17)27-21(32)13-33-3)16(24)11-20(31)26-15-7-5-4-6-8-15/h4-8,16,18-19,29-30H,9-14H2,1-3H3,(H,26,31)(H,27,28,32)/t16-,18+,19-,24+,25+/m1/s1. The van der Waals surface area contributed by atoms with Crippen molar-refractivity contribution in [2.75, 3.05) is 29.2 Å². The Bertz CT molecular complexity index is 1050. The second kappa shape index (κ2) is 9.97. The van der Waals surface area contributed by atoms with Gasteiger partial charge in [0, 0.05) is 28.3 Å². The highest BCUT2D eigenvalue weighted by molar-refractivity contribution is 7.99. The average Bonchev–Trinajstić information content (AvgIpc) is 3.20. The number of anilines is 2. The SMILES string of the molecule is CSCC(=O)Nc1nc2c(s1)C[C@@H]1[C@](C)(CO)[C@H](O)CC[C@@]1(C)[C@@H]2CC(=O)Nc1ccccc1. The van der Waals surface area contributed by atoms with Gasteiger partial charge in [-0.1, -0.05) is 32.0 Å². The van der Waals surface area contributed by atoms with E-state index in [9.17, 15) is 19.8 Å². The lowest BCUT2D eigenvalue weighted by molar-refractivity contribution is -0.143. The van der Waals surface area contributed by atoms with Crippen LogP contribution >= 0.6 is 23.1 Å². The summed E-state index contributed by atoms with van der Waals surface area (Å²) in [6.07, 6.45) is 3.48. The van der Waals surface area contributed by atoms with Crippen molar-refractivity contribution < 1.29 is 19.8 Å². The average molecular weight is 504 g/mol. The van der Waals surface area contributed by atoms with Crippen LogP contribution in [0.15, 0.2) is 30.3 Å². The van der Waals surface area contributed by atoms with Crippen molar-refractivity contribution in [3.63, 3.8) is 0 Å². The topological polar surface area (TPSA) is 112 Å². The Morgan fingerprint density at radius 3 is 2.62 bits per heavy atom. The number of carbonyl (C=O) groups excluding carboxylic acids is 2. The van der Waals surface area contributed by atoms with Crippen LogP contribution in [0.2, 0.25) is 0 Å². The molecule has 1 saturated carbocycles. The van der Waals surface area contributed by atoms with Crippen LogP contribution in [0.4, 0.5) is 10.8 Å². The van der Waals surface area contributed by atoms with Gasteiger partial charge in [-0.2, -0.15) is 11.8 Å². The highest BCUT2D eigenvalue weighted by atomic mass is 32.2. The summed E-state index contributed by atoms with van der Waals surface area (Å²) in [5.41, 5.74) is 0.605. The maximum atomic E-state index is 13.2. The molecule has 0 bridgehead atoms. The molecular weight excluding hydrogens is 470 g/mol. The Labute approximate surface area is 208 Å². The lowest BCUT2D eigenvalue weighted by Crippen LogP contribution is -2.57. The number of nitrogens with one attached hydrogen (secondary N) is 2. The first-order chi connectivity index (χ1) is 16.2. The molecule has 1 fully saturated rings. The summed E-state index contributed by atoms with van der Waals surface area (Å²) in [4.78, 5) is 31.2. The number of carbonyl (C=O) groups is 2. The van der Waals surface area contributed by atoms with Gasteiger partial charge in [-0.25, -0.2) is 4.98 Å². The number of hydrogen-bond acceptors (Lipinski definition) is 7. The number of amides is 2. The molecule has 2 aliphatic rings. The zero-order valence-corrected chi connectivity index (χ0v) is 21.5. The van der Waals surface area contributed by atoms with Gasteiger partial charge >= 0.3 is 0 Å². The van der Waals surface area contributed by atoms with Gasteiger partial charge in [-0.15, -0.1) is 11.3 Å². The van der Waals surface area contributed by atoms with Crippen molar-refractivity contribution in [2.45, 2.75) is 51.6 Å². The highest BCUT2D eigenvalue weighted by Crippen LogP contribution is 2.62. The smallest absolute Gasteiger partial charge is 0.236 e. The van der Waals surface area contributed by atoms with E-state index in [4.69, 9.17) is 4.98 Å². The van der Waals surface area contributed by atoms with Crippen LogP contribution in [0, 0.1) is 16.7 Å². The monoisotopic (exact) mass is 503 g/mol. The van der Waals surface area contributed by atoms with E-state index in [-0.39, 0.29) is 42.1 Å². The minimum Gasteiger partial charge on any atom is -0.396 e. The van der Waals surface area contributed by atoms with E-state index in [1.165, 1.54) is 23.1 Å². The first-order valence-electron chi connectivity index (χ1n) is 11.6. The predicted molar refractivity (Wildman–Crippen MR) is 137 cm³/mol. The fourth-order valence-corrected chi connectivity index (χ4v) is 7.32. The van der Waals surface area contributed by atoms with E-state index < -0.39 is 11.5 Å². The Kier molecular flexibility index (Phi) is 7.38. The largest absolute Gasteiger partial charge is 0.396 e. The number of aliphatic hydroxyl groups is 2. The van der Waals surface area contributed by atoms with Crippen molar-refractivity contribution in [1.29, 1.82) is 0 Å². The number of para-hydroxylation sites is 1. The molecular formula is C25H33N3O4S2. The number of rotatable bonds is 7. The Balaban J connectivity index is 1.70. The maximum Gasteiger partial charge on any atom is 0.236 e. The summed E-state index contributed by atoms with van der Waals surface area (Å²) in [6, 6.07) is 9.38. The van der Waals surface area contributed by atoms with Crippen molar-refractivity contribution in [1.82, 2.24) is 4.98 Å². The van der Waals surface area contributed by atoms with Crippen molar-refractivity contribution in [3.05, 3.63) is 40.9 Å². The molecule has 4 N–H and O–H groups in total. The van der Waals surface area contributed by atoms with Crippen molar-refractivity contribution >= 4 is 45.7 Å². The van der Waals surface area contributed by atoms with Crippen LogP contribution in [-0.4, -0.2) is 51.7 Å². The van der Waals surface area contributed by atoms with E-state index in [2.05, 4.69) is 17.6 Å². The van der Waals surface area contributed by atoms with Crippen LogP contribution in [-0.2, 0) is 16.0 Å². The van der Waals surface area contributed by atoms with E-state index in [0.717, 1.165) is 22.7 Å². The lowest BCUT2D eigenvalue weighted by atomic mass is 9.47. The molecule has 2 amide bonds. The Morgan fingerprint density at radius 2 is 1.94 bits per heavy atom. The minimum absolute atomic E-state index is 0.0222. The molecule has 7 nitrogen and oxygen atoms in total. The van der Waals surface area contributed by atoms with Gasteiger partial charge < -0.3 is 20.8 Å². The quantitative estimate of drug-likeness (QED) is 0.456. The normalized spacial score (nSPS) is 30.2. The first-order valence-corrected chi connectivity index (χ1v) is 13.8. The number of nitrogens with zero attached hydrogens (tertiary/aromatic N) is 1. The molecule has 9 heteroatoms. The molecule has 1 aromatic carbocycles. The van der Waals surface area contributed by atoms with Gasteiger partial charge in [-0.05, 0) is 49.0 Å². The van der Waals surface area contributed by atoms with Gasteiger partial charge in [0.25, 0.3) is 0 Å². The molecule has 0 radical (unpaired) electrons. The zero-order valence-electron chi connectivity index (χ0n) is 19.8. The van der Waals surface area contributed by atoms with Crippen LogP contribution in [0.1, 0.15) is 49.6 Å². The molecule has 4 rings (SSSR count).